The maximum Gasteiger partial charge on any atom is 0.186 e. The number of nitrogens with one attached hydrogen (secondary N) is 1. The summed E-state index contributed by atoms with van der Waals surface area (Å²) >= 11 is 2.84. The second kappa shape index (κ2) is 6.72. The van der Waals surface area contributed by atoms with Crippen LogP contribution in [0.3, 0.4) is 0 Å². The van der Waals surface area contributed by atoms with Gasteiger partial charge >= 0.3 is 0 Å². The molecule has 1 aromatic heterocycles. The average Bonchev–Trinajstić information content (AvgIpc) is 2.94. The van der Waals surface area contributed by atoms with Gasteiger partial charge in [0, 0.05) is 6.92 Å². The number of thioether (sulfide) groups is 1. The van der Waals surface area contributed by atoms with Crippen molar-refractivity contribution < 1.29 is 4.79 Å². The number of hydrogen-bond acceptors (Lipinski definition) is 6. The topological polar surface area (TPSA) is 54.4 Å². The van der Waals surface area contributed by atoms with Crippen LogP contribution in [-0.4, -0.2) is 15.8 Å². The molecule has 6 heteroatoms. The third kappa shape index (κ3) is 3.52. The number of ketones is 1. The minimum absolute atomic E-state index is 0.0901. The fourth-order valence-corrected chi connectivity index (χ4v) is 3.69. The van der Waals surface area contributed by atoms with Gasteiger partial charge in [0.25, 0.3) is 0 Å². The number of hydrazone groups is 1. The van der Waals surface area contributed by atoms with E-state index in [4.69, 9.17) is 0 Å². The van der Waals surface area contributed by atoms with Crippen LogP contribution < -0.4 is 5.43 Å². The molecule has 0 aliphatic rings. The monoisotopic (exact) mass is 327 g/mol. The molecule has 0 spiro atoms. The highest BCUT2D eigenvalue weighted by Gasteiger charge is 2.12. The Balaban J connectivity index is 1.80. The highest BCUT2D eigenvalue weighted by molar-refractivity contribution is 8.17. The van der Waals surface area contributed by atoms with Crippen LogP contribution in [0.2, 0.25) is 0 Å². The van der Waals surface area contributed by atoms with Crippen LogP contribution in [0.5, 0.6) is 0 Å². The van der Waals surface area contributed by atoms with Crippen molar-refractivity contribution in [2.45, 2.75) is 11.3 Å². The van der Waals surface area contributed by atoms with Gasteiger partial charge in [-0.25, -0.2) is 4.98 Å². The summed E-state index contributed by atoms with van der Waals surface area (Å²) in [5.41, 5.74) is 4.68. The Morgan fingerprint density at radius 1 is 1.14 bits per heavy atom. The summed E-state index contributed by atoms with van der Waals surface area (Å²) < 4.78 is 1.91. The van der Waals surface area contributed by atoms with Crippen molar-refractivity contribution in [1.82, 2.24) is 4.98 Å². The number of benzene rings is 2. The summed E-state index contributed by atoms with van der Waals surface area (Å²) in [6, 6.07) is 17.4. The van der Waals surface area contributed by atoms with Crippen LogP contribution in [0, 0.1) is 0 Å². The van der Waals surface area contributed by atoms with E-state index in [0.717, 1.165) is 20.2 Å². The van der Waals surface area contributed by atoms with Gasteiger partial charge in [-0.15, -0.1) is 11.3 Å². The van der Waals surface area contributed by atoms with Crippen molar-refractivity contribution >= 4 is 49.8 Å². The molecule has 0 bridgehead atoms. The van der Waals surface area contributed by atoms with Crippen LogP contribution in [0.25, 0.3) is 10.2 Å². The minimum Gasteiger partial charge on any atom is -0.292 e. The van der Waals surface area contributed by atoms with Crippen molar-refractivity contribution in [3.8, 4) is 0 Å². The van der Waals surface area contributed by atoms with Crippen molar-refractivity contribution in [3.63, 3.8) is 0 Å². The van der Waals surface area contributed by atoms with Gasteiger partial charge in [0.15, 0.2) is 15.2 Å². The van der Waals surface area contributed by atoms with Gasteiger partial charge in [-0.05, 0) is 36.0 Å². The van der Waals surface area contributed by atoms with Gasteiger partial charge in [-0.2, -0.15) is 5.10 Å². The van der Waals surface area contributed by atoms with Crippen LogP contribution >= 0.6 is 23.1 Å². The number of carbonyl (C=O) groups excluding carboxylic acids is 1. The molecule has 3 aromatic rings. The van der Waals surface area contributed by atoms with E-state index in [0.29, 0.717) is 5.04 Å². The first-order valence-electron chi connectivity index (χ1n) is 6.65. The predicted octanol–water partition coefficient (Wildman–Crippen LogP) is 4.40. The number of fused-ring (bicyclic) bond motifs is 1. The highest BCUT2D eigenvalue weighted by atomic mass is 32.2. The molecule has 0 unspecified atom stereocenters. The van der Waals surface area contributed by atoms with Gasteiger partial charge in [0.2, 0.25) is 0 Å². The molecule has 0 saturated heterocycles. The van der Waals surface area contributed by atoms with Gasteiger partial charge in [-0.1, -0.05) is 30.3 Å². The molecular weight excluding hydrogens is 314 g/mol. The summed E-state index contributed by atoms with van der Waals surface area (Å²) in [7, 11) is 0. The number of thiazole rings is 1. The zero-order valence-electron chi connectivity index (χ0n) is 11.8. The van der Waals surface area contributed by atoms with Gasteiger partial charge in [0.05, 0.1) is 15.9 Å². The summed E-state index contributed by atoms with van der Waals surface area (Å²) in [5.74, 6) is -0.0901. The fourth-order valence-electron chi connectivity index (χ4n) is 1.78. The molecule has 22 heavy (non-hydrogen) atoms. The smallest absolute Gasteiger partial charge is 0.186 e. The number of nitrogens with zero attached hydrogens (tertiary/aromatic N) is 2. The highest BCUT2D eigenvalue weighted by Crippen LogP contribution is 2.30. The summed E-state index contributed by atoms with van der Waals surface area (Å²) in [6.07, 6.45) is 0. The lowest BCUT2D eigenvalue weighted by molar-refractivity contribution is -0.110. The molecule has 110 valence electrons. The van der Waals surface area contributed by atoms with E-state index in [2.05, 4.69) is 15.5 Å². The quantitative estimate of drug-likeness (QED) is 0.334. The van der Waals surface area contributed by atoms with Crippen LogP contribution in [0.1, 0.15) is 6.92 Å². The Labute approximate surface area is 136 Å². The molecular formula is C16H13N3OS2. The maximum atomic E-state index is 11.8. The molecule has 3 rings (SSSR count). The molecule has 0 fully saturated rings. The first-order valence-corrected chi connectivity index (χ1v) is 8.29. The SMILES string of the molecule is CC(=O)/C(=N/Nc1ccccc1)Sc1nc2ccccc2s1. The third-order valence-electron chi connectivity index (χ3n) is 2.82. The van der Waals surface area contributed by atoms with Crippen molar-refractivity contribution in [3.05, 3.63) is 54.6 Å². The molecule has 1 heterocycles. The molecule has 0 amide bonds. The number of rotatable bonds is 4. The molecule has 1 N–H and O–H groups in total. The van der Waals surface area contributed by atoms with E-state index >= 15 is 0 Å². The number of para-hydroxylation sites is 2. The Bertz CT molecular complexity index is 795. The van der Waals surface area contributed by atoms with Crippen molar-refractivity contribution in [1.29, 1.82) is 0 Å². The molecule has 4 nitrogen and oxygen atoms in total. The zero-order valence-corrected chi connectivity index (χ0v) is 13.4. The Morgan fingerprint density at radius 3 is 2.59 bits per heavy atom. The number of Topliss-reactive ketones (excluding diaryl/α,β-unsaturated/α-hetero) is 1. The second-order valence-corrected chi connectivity index (χ2v) is 6.77. The molecule has 0 radical (unpaired) electrons. The maximum absolute atomic E-state index is 11.8. The Morgan fingerprint density at radius 2 is 1.86 bits per heavy atom. The standard InChI is InChI=1S/C16H13N3OS2/c1-11(20)15(19-18-12-7-3-2-4-8-12)22-16-17-13-9-5-6-10-14(13)21-16/h2-10,18H,1H3/b19-15-. The Hall–Kier alpha value is -2.18. The fraction of sp³-hybridized carbons (Fsp3) is 0.0625. The van der Waals surface area contributed by atoms with E-state index in [-0.39, 0.29) is 5.78 Å². The lowest BCUT2D eigenvalue weighted by Gasteiger charge is -2.02. The first kappa shape index (κ1) is 14.7. The van der Waals surface area contributed by atoms with Gasteiger partial charge < -0.3 is 0 Å². The lowest BCUT2D eigenvalue weighted by atomic mass is 10.3. The Kier molecular flexibility index (Phi) is 4.50. The summed E-state index contributed by atoms with van der Waals surface area (Å²) in [4.78, 5) is 16.3. The van der Waals surface area contributed by atoms with Crippen LogP contribution in [0.4, 0.5) is 5.69 Å². The number of anilines is 1. The minimum atomic E-state index is -0.0901. The van der Waals surface area contributed by atoms with Crippen molar-refractivity contribution in [2.75, 3.05) is 5.43 Å². The molecule has 2 aromatic carbocycles. The number of aromatic nitrogens is 1. The lowest BCUT2D eigenvalue weighted by Crippen LogP contribution is -2.07. The molecule has 0 atom stereocenters. The summed E-state index contributed by atoms with van der Waals surface area (Å²) in [6.45, 7) is 1.51. The molecule has 0 aliphatic heterocycles. The van der Waals surface area contributed by atoms with E-state index in [1.807, 2.05) is 54.6 Å². The average molecular weight is 327 g/mol. The predicted molar refractivity (Wildman–Crippen MR) is 93.7 cm³/mol. The first-order chi connectivity index (χ1) is 10.7. The van der Waals surface area contributed by atoms with Crippen LogP contribution in [0.15, 0.2) is 64.0 Å². The number of carbonyl (C=O) groups is 1. The van der Waals surface area contributed by atoms with E-state index in [1.54, 1.807) is 11.3 Å². The zero-order chi connectivity index (χ0) is 15.4. The summed E-state index contributed by atoms with van der Waals surface area (Å²) in [5, 5.41) is 4.60. The number of hydrogen-bond donors (Lipinski definition) is 1. The second-order valence-electron chi connectivity index (χ2n) is 4.50. The van der Waals surface area contributed by atoms with Gasteiger partial charge in [-0.3, -0.25) is 10.2 Å². The largest absolute Gasteiger partial charge is 0.292 e. The van der Waals surface area contributed by atoms with E-state index < -0.39 is 0 Å². The normalized spacial score (nSPS) is 11.6. The molecule has 0 saturated carbocycles. The van der Waals surface area contributed by atoms with E-state index in [9.17, 15) is 4.79 Å². The molecule has 0 aliphatic carbocycles. The van der Waals surface area contributed by atoms with Gasteiger partial charge in [0.1, 0.15) is 0 Å². The van der Waals surface area contributed by atoms with Crippen LogP contribution in [-0.2, 0) is 4.79 Å². The van der Waals surface area contributed by atoms with E-state index in [1.165, 1.54) is 18.7 Å². The van der Waals surface area contributed by atoms with Crippen molar-refractivity contribution in [2.24, 2.45) is 5.10 Å². The third-order valence-corrected chi connectivity index (χ3v) is 4.99.